The van der Waals surface area contributed by atoms with Crippen LogP contribution in [-0.2, 0) is 11.2 Å². The number of rotatable bonds is 3. The second-order valence-corrected chi connectivity index (χ2v) is 4.11. The van der Waals surface area contributed by atoms with Crippen molar-refractivity contribution < 1.29 is 4.55 Å². The van der Waals surface area contributed by atoms with Crippen molar-refractivity contribution in [2.24, 2.45) is 5.92 Å². The molecular formula is C6H11N3OS. The third kappa shape index (κ3) is 2.51. The van der Waals surface area contributed by atoms with E-state index in [1.165, 1.54) is 6.33 Å². The number of aromatic amines is 1. The van der Waals surface area contributed by atoms with E-state index in [1.807, 2.05) is 13.8 Å². The highest BCUT2D eigenvalue weighted by Gasteiger charge is 2.15. The van der Waals surface area contributed by atoms with Crippen LogP contribution in [0.1, 0.15) is 13.8 Å². The van der Waals surface area contributed by atoms with Crippen LogP contribution in [0.3, 0.4) is 0 Å². The maximum Gasteiger partial charge on any atom is 0.340 e. The third-order valence-corrected chi connectivity index (χ3v) is 2.69. The lowest BCUT2D eigenvalue weighted by Crippen LogP contribution is -2.13. The molecule has 0 aromatic carbocycles. The molecule has 1 aromatic heterocycles. The molecule has 4 nitrogen and oxygen atoms in total. The Morgan fingerprint density at radius 3 is 2.91 bits per heavy atom. The molecule has 0 radical (unpaired) electrons. The fourth-order valence-corrected chi connectivity index (χ4v) is 1.77. The molecule has 1 rings (SSSR count). The smallest absolute Gasteiger partial charge is 0.340 e. The zero-order valence-electron chi connectivity index (χ0n) is 6.57. The Morgan fingerprint density at radius 2 is 2.45 bits per heavy atom. The van der Waals surface area contributed by atoms with E-state index in [4.69, 9.17) is 0 Å². The predicted octanol–water partition coefficient (Wildman–Crippen LogP) is 0.568. The van der Waals surface area contributed by atoms with Gasteiger partial charge in [0.15, 0.2) is 0 Å². The van der Waals surface area contributed by atoms with Crippen molar-refractivity contribution in [1.82, 2.24) is 15.2 Å². The Labute approximate surface area is 68.6 Å². The van der Waals surface area contributed by atoms with Crippen molar-refractivity contribution in [3.05, 3.63) is 6.33 Å². The first-order valence-corrected chi connectivity index (χ1v) is 4.76. The summed E-state index contributed by atoms with van der Waals surface area (Å²) in [5.74, 6) is 1.05. The number of aromatic nitrogens is 3. The van der Waals surface area contributed by atoms with Gasteiger partial charge in [-0.2, -0.15) is 0 Å². The molecule has 1 atom stereocenters. The second-order valence-electron chi connectivity index (χ2n) is 2.70. The fourth-order valence-electron chi connectivity index (χ4n) is 0.687. The van der Waals surface area contributed by atoms with Gasteiger partial charge in [0, 0.05) is 11.2 Å². The van der Waals surface area contributed by atoms with Gasteiger partial charge in [0.25, 0.3) is 0 Å². The van der Waals surface area contributed by atoms with Gasteiger partial charge in [-0.1, -0.05) is 18.9 Å². The fraction of sp³-hybridized carbons (Fsp3) is 0.667. The molecule has 0 amide bonds. The van der Waals surface area contributed by atoms with E-state index >= 15 is 0 Å². The Morgan fingerprint density at radius 1 is 1.73 bits per heavy atom. The van der Waals surface area contributed by atoms with Crippen molar-refractivity contribution in [3.63, 3.8) is 0 Å². The first-order chi connectivity index (χ1) is 5.20. The van der Waals surface area contributed by atoms with Crippen molar-refractivity contribution in [2.45, 2.75) is 19.0 Å². The average Bonchev–Trinajstić information content (AvgIpc) is 2.35. The van der Waals surface area contributed by atoms with Gasteiger partial charge < -0.3 is 4.55 Å². The Bertz CT molecular complexity index is 200. The number of hydrogen-bond acceptors (Lipinski definition) is 3. The molecule has 0 spiro atoms. The monoisotopic (exact) mass is 173 g/mol. The molecule has 1 unspecified atom stereocenters. The largest absolute Gasteiger partial charge is 0.609 e. The summed E-state index contributed by atoms with van der Waals surface area (Å²) >= 11 is -1.01. The Balaban J connectivity index is 2.49. The molecule has 0 fully saturated rings. The van der Waals surface area contributed by atoms with Gasteiger partial charge in [0.05, 0.1) is 0 Å². The molecule has 0 aliphatic carbocycles. The lowest BCUT2D eigenvalue weighted by atomic mass is 10.3. The third-order valence-electron chi connectivity index (χ3n) is 1.09. The SMILES string of the molecule is CC(C)C[S+]([O-])c1nnc[nH]1. The number of H-pyrrole nitrogens is 1. The van der Waals surface area contributed by atoms with E-state index in [0.717, 1.165) is 0 Å². The maximum absolute atomic E-state index is 11.3. The summed E-state index contributed by atoms with van der Waals surface area (Å²) in [6, 6.07) is 0. The van der Waals surface area contributed by atoms with Crippen LogP contribution in [0.25, 0.3) is 0 Å². The van der Waals surface area contributed by atoms with Gasteiger partial charge in [-0.15, -0.1) is 5.10 Å². The average molecular weight is 173 g/mol. The predicted molar refractivity (Wildman–Crippen MR) is 42.5 cm³/mol. The van der Waals surface area contributed by atoms with Crippen molar-refractivity contribution >= 4 is 11.2 Å². The first-order valence-electron chi connectivity index (χ1n) is 3.44. The molecule has 0 saturated heterocycles. The quantitative estimate of drug-likeness (QED) is 0.679. The minimum atomic E-state index is -1.01. The van der Waals surface area contributed by atoms with Gasteiger partial charge in [0.1, 0.15) is 12.1 Å². The molecule has 5 heteroatoms. The normalized spacial score (nSPS) is 13.8. The van der Waals surface area contributed by atoms with Crippen LogP contribution in [0, 0.1) is 5.92 Å². The van der Waals surface area contributed by atoms with E-state index in [-0.39, 0.29) is 0 Å². The van der Waals surface area contributed by atoms with Crippen molar-refractivity contribution in [2.75, 3.05) is 5.75 Å². The Kier molecular flexibility index (Phi) is 2.90. The van der Waals surface area contributed by atoms with Crippen molar-refractivity contribution in [3.8, 4) is 0 Å². The van der Waals surface area contributed by atoms with Gasteiger partial charge in [-0.05, 0) is 5.92 Å². The lowest BCUT2D eigenvalue weighted by molar-refractivity contribution is 0.573. The molecule has 0 bridgehead atoms. The van der Waals surface area contributed by atoms with E-state index in [2.05, 4.69) is 15.2 Å². The zero-order valence-corrected chi connectivity index (χ0v) is 7.39. The highest BCUT2D eigenvalue weighted by atomic mass is 32.2. The van der Waals surface area contributed by atoms with Crippen LogP contribution in [0.4, 0.5) is 0 Å². The molecular weight excluding hydrogens is 162 g/mol. The van der Waals surface area contributed by atoms with Crippen LogP contribution in [-0.4, -0.2) is 25.5 Å². The summed E-state index contributed by atoms with van der Waals surface area (Å²) in [5.41, 5.74) is 0. The summed E-state index contributed by atoms with van der Waals surface area (Å²) in [7, 11) is 0. The molecule has 11 heavy (non-hydrogen) atoms. The van der Waals surface area contributed by atoms with Gasteiger partial charge >= 0.3 is 5.16 Å². The van der Waals surface area contributed by atoms with Crippen LogP contribution in [0.2, 0.25) is 0 Å². The number of nitrogens with zero attached hydrogens (tertiary/aromatic N) is 2. The minimum absolute atomic E-state index is 0.418. The van der Waals surface area contributed by atoms with Crippen LogP contribution in [0.5, 0.6) is 0 Å². The maximum atomic E-state index is 11.3. The number of hydrogen-bond donors (Lipinski definition) is 1. The molecule has 62 valence electrons. The molecule has 1 heterocycles. The first kappa shape index (κ1) is 8.55. The lowest BCUT2D eigenvalue weighted by Gasteiger charge is -2.07. The topological polar surface area (TPSA) is 64.6 Å². The minimum Gasteiger partial charge on any atom is -0.609 e. The summed E-state index contributed by atoms with van der Waals surface area (Å²) in [6.45, 7) is 4.04. The summed E-state index contributed by atoms with van der Waals surface area (Å²) in [4.78, 5) is 2.72. The zero-order chi connectivity index (χ0) is 8.27. The summed E-state index contributed by atoms with van der Waals surface area (Å²) in [6.07, 6.45) is 1.44. The molecule has 1 N–H and O–H groups in total. The van der Waals surface area contributed by atoms with E-state index < -0.39 is 11.2 Å². The van der Waals surface area contributed by atoms with Crippen molar-refractivity contribution in [1.29, 1.82) is 0 Å². The van der Waals surface area contributed by atoms with Gasteiger partial charge in [-0.3, -0.25) is 4.98 Å². The van der Waals surface area contributed by atoms with Gasteiger partial charge in [0.2, 0.25) is 0 Å². The standard InChI is InChI=1S/C6H11N3OS/c1-5(2)3-11(10)6-7-4-8-9-6/h4-5H,3H2,1-2H3,(H,7,8,9). The summed E-state index contributed by atoms with van der Waals surface area (Å²) in [5, 5.41) is 7.69. The van der Waals surface area contributed by atoms with E-state index in [1.54, 1.807) is 0 Å². The highest BCUT2D eigenvalue weighted by Crippen LogP contribution is 2.07. The Hall–Kier alpha value is -0.550. The van der Waals surface area contributed by atoms with Crippen LogP contribution >= 0.6 is 0 Å². The molecule has 0 saturated carbocycles. The van der Waals surface area contributed by atoms with Crippen LogP contribution < -0.4 is 0 Å². The molecule has 0 aliphatic heterocycles. The van der Waals surface area contributed by atoms with Crippen LogP contribution in [0.15, 0.2) is 11.5 Å². The second kappa shape index (κ2) is 3.73. The molecule has 1 aromatic rings. The van der Waals surface area contributed by atoms with E-state index in [0.29, 0.717) is 16.8 Å². The van der Waals surface area contributed by atoms with Gasteiger partial charge in [-0.25, -0.2) is 0 Å². The summed E-state index contributed by atoms with van der Waals surface area (Å²) < 4.78 is 11.3. The van der Waals surface area contributed by atoms with E-state index in [9.17, 15) is 4.55 Å². The molecule has 0 aliphatic rings. The highest BCUT2D eigenvalue weighted by molar-refractivity contribution is 7.91. The number of nitrogens with one attached hydrogen (secondary N) is 1.